The summed E-state index contributed by atoms with van der Waals surface area (Å²) in [6.45, 7) is 10.7. The van der Waals surface area contributed by atoms with E-state index in [2.05, 4.69) is 40.4 Å². The van der Waals surface area contributed by atoms with Crippen LogP contribution in [0.1, 0.15) is 47.5 Å². The van der Waals surface area contributed by atoms with Gasteiger partial charge in [-0.2, -0.15) is 5.06 Å². The molecule has 0 aliphatic carbocycles. The molecule has 1 aliphatic heterocycles. The highest BCUT2D eigenvalue weighted by Gasteiger charge is 2.43. The van der Waals surface area contributed by atoms with Gasteiger partial charge in [0, 0.05) is 11.1 Å². The highest BCUT2D eigenvalue weighted by Crippen LogP contribution is 2.39. The standard InChI is InChI=1S/C10H21NO.CH5N/c1-8-6-9(2,3)11(12)10(4,5)7-8;1-2/h8,12H,6-7H2,1-5H3;2H2,1H3. The quantitative estimate of drug-likeness (QED) is 0.633. The van der Waals surface area contributed by atoms with Crippen LogP contribution in [0.5, 0.6) is 0 Å². The molecule has 3 nitrogen and oxygen atoms in total. The Morgan fingerprint density at radius 3 is 1.64 bits per heavy atom. The van der Waals surface area contributed by atoms with Crippen LogP contribution in [0.25, 0.3) is 0 Å². The van der Waals surface area contributed by atoms with Gasteiger partial charge in [0.05, 0.1) is 0 Å². The maximum atomic E-state index is 9.92. The van der Waals surface area contributed by atoms with Crippen molar-refractivity contribution in [1.82, 2.24) is 5.06 Å². The number of nitrogens with two attached hydrogens (primary N) is 1. The fraction of sp³-hybridized carbons (Fsp3) is 1.00. The Morgan fingerprint density at radius 2 is 1.36 bits per heavy atom. The normalized spacial score (nSPS) is 26.6. The summed E-state index contributed by atoms with van der Waals surface area (Å²) >= 11 is 0. The molecule has 1 aliphatic rings. The van der Waals surface area contributed by atoms with Crippen molar-refractivity contribution in [1.29, 1.82) is 0 Å². The average molecular weight is 202 g/mol. The summed E-state index contributed by atoms with van der Waals surface area (Å²) in [4.78, 5) is 0. The highest BCUT2D eigenvalue weighted by molar-refractivity contribution is 4.94. The number of hydrogen-bond donors (Lipinski definition) is 2. The van der Waals surface area contributed by atoms with Gasteiger partial charge < -0.3 is 10.9 Å². The lowest BCUT2D eigenvalue weighted by Crippen LogP contribution is -2.58. The van der Waals surface area contributed by atoms with Crippen molar-refractivity contribution in [2.45, 2.75) is 58.5 Å². The van der Waals surface area contributed by atoms with Gasteiger partial charge in [-0.05, 0) is 53.5 Å². The molecule has 14 heavy (non-hydrogen) atoms. The van der Waals surface area contributed by atoms with Crippen molar-refractivity contribution in [3.05, 3.63) is 0 Å². The van der Waals surface area contributed by atoms with Crippen molar-refractivity contribution in [2.75, 3.05) is 7.05 Å². The summed E-state index contributed by atoms with van der Waals surface area (Å²) in [6, 6.07) is 0. The van der Waals surface area contributed by atoms with Crippen LogP contribution in [0.3, 0.4) is 0 Å². The third-order valence-corrected chi connectivity index (χ3v) is 2.84. The summed E-state index contributed by atoms with van der Waals surface area (Å²) in [7, 11) is 1.50. The zero-order valence-corrected chi connectivity index (χ0v) is 10.5. The average Bonchev–Trinajstić information content (AvgIpc) is 2.02. The third kappa shape index (κ3) is 2.94. The molecule has 0 radical (unpaired) electrons. The van der Waals surface area contributed by atoms with E-state index in [0.717, 1.165) is 12.8 Å². The van der Waals surface area contributed by atoms with E-state index in [1.807, 2.05) is 0 Å². The molecule has 0 bridgehead atoms. The zero-order chi connectivity index (χ0) is 11.6. The Labute approximate surface area is 88.2 Å². The smallest absolute Gasteiger partial charge is 0.0413 e. The molecule has 0 aromatic rings. The topological polar surface area (TPSA) is 49.5 Å². The Kier molecular flexibility index (Phi) is 4.56. The molecule has 0 spiro atoms. The Morgan fingerprint density at radius 1 is 1.07 bits per heavy atom. The van der Waals surface area contributed by atoms with Gasteiger partial charge in [-0.15, -0.1) is 0 Å². The lowest BCUT2D eigenvalue weighted by atomic mass is 9.76. The number of rotatable bonds is 0. The summed E-state index contributed by atoms with van der Waals surface area (Å²) < 4.78 is 0. The van der Waals surface area contributed by atoms with E-state index in [1.165, 1.54) is 12.1 Å². The van der Waals surface area contributed by atoms with Crippen LogP contribution < -0.4 is 5.73 Å². The third-order valence-electron chi connectivity index (χ3n) is 2.84. The number of piperidine rings is 1. The van der Waals surface area contributed by atoms with Crippen LogP contribution in [0, 0.1) is 5.92 Å². The first-order valence-corrected chi connectivity index (χ1v) is 5.33. The largest absolute Gasteiger partial charge is 0.333 e. The van der Waals surface area contributed by atoms with Crippen LogP contribution in [-0.2, 0) is 0 Å². The predicted molar refractivity (Wildman–Crippen MR) is 60.3 cm³/mol. The van der Waals surface area contributed by atoms with Gasteiger partial charge in [-0.25, -0.2) is 0 Å². The fourth-order valence-electron chi connectivity index (χ4n) is 2.77. The van der Waals surface area contributed by atoms with E-state index in [9.17, 15) is 5.21 Å². The first kappa shape index (κ1) is 13.9. The molecule has 0 unspecified atom stereocenters. The molecular formula is C11H26N2O. The van der Waals surface area contributed by atoms with Gasteiger partial charge in [0.25, 0.3) is 0 Å². The molecule has 3 N–H and O–H groups in total. The molecule has 1 saturated heterocycles. The Bertz CT molecular complexity index is 160. The second-order valence-corrected chi connectivity index (χ2v) is 5.45. The monoisotopic (exact) mass is 202 g/mol. The number of hydroxylamine groups is 2. The molecule has 86 valence electrons. The van der Waals surface area contributed by atoms with Crippen LogP contribution in [0.2, 0.25) is 0 Å². The summed E-state index contributed by atoms with van der Waals surface area (Å²) in [5.41, 5.74) is 4.36. The second kappa shape index (κ2) is 4.60. The van der Waals surface area contributed by atoms with E-state index in [4.69, 9.17) is 0 Å². The van der Waals surface area contributed by atoms with Gasteiger partial charge in [0.1, 0.15) is 0 Å². The molecule has 0 amide bonds. The van der Waals surface area contributed by atoms with E-state index in [0.29, 0.717) is 5.92 Å². The number of nitrogens with zero attached hydrogens (tertiary/aromatic N) is 1. The van der Waals surface area contributed by atoms with Crippen molar-refractivity contribution in [3.63, 3.8) is 0 Å². The van der Waals surface area contributed by atoms with Gasteiger partial charge in [0.15, 0.2) is 0 Å². The van der Waals surface area contributed by atoms with Gasteiger partial charge in [0.2, 0.25) is 0 Å². The summed E-state index contributed by atoms with van der Waals surface area (Å²) in [6.07, 6.45) is 2.15. The molecule has 1 heterocycles. The lowest BCUT2D eigenvalue weighted by Gasteiger charge is -2.50. The maximum absolute atomic E-state index is 9.92. The van der Waals surface area contributed by atoms with Crippen LogP contribution in [0.4, 0.5) is 0 Å². The molecule has 0 aromatic carbocycles. The van der Waals surface area contributed by atoms with E-state index < -0.39 is 0 Å². The van der Waals surface area contributed by atoms with Crippen molar-refractivity contribution >= 4 is 0 Å². The summed E-state index contributed by atoms with van der Waals surface area (Å²) in [5, 5.41) is 11.4. The van der Waals surface area contributed by atoms with E-state index in [1.54, 1.807) is 0 Å². The molecule has 0 aromatic heterocycles. The predicted octanol–water partition coefficient (Wildman–Crippen LogP) is 2.24. The minimum absolute atomic E-state index is 0.0683. The minimum atomic E-state index is -0.0683. The first-order valence-electron chi connectivity index (χ1n) is 5.33. The fourth-order valence-corrected chi connectivity index (χ4v) is 2.77. The molecule has 1 fully saturated rings. The van der Waals surface area contributed by atoms with Crippen LogP contribution >= 0.6 is 0 Å². The van der Waals surface area contributed by atoms with Gasteiger partial charge in [-0.1, -0.05) is 6.92 Å². The zero-order valence-electron chi connectivity index (χ0n) is 10.5. The Balaban J connectivity index is 0.000000791. The van der Waals surface area contributed by atoms with Crippen LogP contribution in [-0.4, -0.2) is 28.4 Å². The van der Waals surface area contributed by atoms with E-state index >= 15 is 0 Å². The minimum Gasteiger partial charge on any atom is -0.333 e. The highest BCUT2D eigenvalue weighted by atomic mass is 16.5. The second-order valence-electron chi connectivity index (χ2n) is 5.45. The lowest BCUT2D eigenvalue weighted by molar-refractivity contribution is -0.249. The molecule has 0 saturated carbocycles. The molecule has 1 rings (SSSR count). The number of hydrogen-bond acceptors (Lipinski definition) is 3. The van der Waals surface area contributed by atoms with Crippen molar-refractivity contribution in [3.8, 4) is 0 Å². The Hall–Kier alpha value is -0.120. The molecule has 3 heteroatoms. The van der Waals surface area contributed by atoms with Crippen molar-refractivity contribution in [2.24, 2.45) is 11.7 Å². The molecular weight excluding hydrogens is 176 g/mol. The first-order chi connectivity index (χ1) is 6.26. The van der Waals surface area contributed by atoms with Gasteiger partial charge in [-0.3, -0.25) is 0 Å². The maximum Gasteiger partial charge on any atom is 0.0413 e. The van der Waals surface area contributed by atoms with E-state index in [-0.39, 0.29) is 11.1 Å². The molecule has 0 atom stereocenters. The summed E-state index contributed by atoms with van der Waals surface area (Å²) in [5.74, 6) is 0.707. The SMILES string of the molecule is CC1CC(C)(C)N(O)C(C)(C)C1.CN. The van der Waals surface area contributed by atoms with Crippen LogP contribution in [0.15, 0.2) is 0 Å². The van der Waals surface area contributed by atoms with Gasteiger partial charge >= 0.3 is 0 Å². The van der Waals surface area contributed by atoms with Crippen molar-refractivity contribution < 1.29 is 5.21 Å².